The Morgan fingerprint density at radius 1 is 1.11 bits per heavy atom. The average molecular weight is 392 g/mol. The second-order valence-electron chi connectivity index (χ2n) is 6.84. The molecule has 0 bridgehead atoms. The van der Waals surface area contributed by atoms with Crippen molar-refractivity contribution >= 4 is 29.3 Å². The van der Waals surface area contributed by atoms with Crippen LogP contribution in [0.25, 0.3) is 0 Å². The van der Waals surface area contributed by atoms with Crippen LogP contribution in [0.1, 0.15) is 22.8 Å². The number of benzene rings is 2. The Bertz CT molecular complexity index is 1030. The number of nitrogens with one attached hydrogen (secondary N) is 1. The minimum Gasteiger partial charge on any atom is -0.320 e. The lowest BCUT2D eigenvalue weighted by molar-refractivity contribution is -0.130. The molecule has 0 aromatic heterocycles. The number of hydrogen-bond donors (Lipinski definition) is 1. The van der Waals surface area contributed by atoms with Crippen molar-refractivity contribution in [1.29, 1.82) is 0 Å². The summed E-state index contributed by atoms with van der Waals surface area (Å²) in [5, 5.41) is 3.48. The van der Waals surface area contributed by atoms with Crippen molar-refractivity contribution < 1.29 is 9.59 Å². The molecule has 1 N–H and O–H groups in total. The molecule has 0 aliphatic carbocycles. The van der Waals surface area contributed by atoms with Crippen molar-refractivity contribution in [2.24, 2.45) is 4.99 Å². The van der Waals surface area contributed by atoms with Gasteiger partial charge in [0.2, 0.25) is 5.66 Å². The van der Waals surface area contributed by atoms with Crippen molar-refractivity contribution in [3.63, 3.8) is 0 Å². The maximum absolute atomic E-state index is 13.3. The molecule has 2 aliphatic rings. The Kier molecular flexibility index (Phi) is 4.61. The summed E-state index contributed by atoms with van der Waals surface area (Å²) in [5.41, 5.74) is 0.837. The summed E-state index contributed by atoms with van der Waals surface area (Å²) in [6.07, 6.45) is 5.63. The maximum Gasteiger partial charge on any atom is 0.281 e. The lowest BCUT2D eigenvalue weighted by Crippen LogP contribution is -2.55. The van der Waals surface area contributed by atoms with Crippen molar-refractivity contribution in [3.8, 4) is 0 Å². The van der Waals surface area contributed by atoms with Gasteiger partial charge in [0.1, 0.15) is 5.84 Å². The Morgan fingerprint density at radius 2 is 1.82 bits per heavy atom. The largest absolute Gasteiger partial charge is 0.320 e. The normalized spacial score (nSPS) is 20.5. The third-order valence-corrected chi connectivity index (χ3v) is 4.93. The standard InChI is InChI=1S/C22H18ClN3O2/c1-15-7-12-19-24-22(21(28)26(19)14-15,13-16-8-10-18(23)11-9-16)25-20(27)17-5-3-2-4-6-17/h2-12,14H,13H2,1H3,(H,25,27)/t22-/m0/s1. The smallest absolute Gasteiger partial charge is 0.281 e. The van der Waals surface area contributed by atoms with Gasteiger partial charge in [-0.2, -0.15) is 0 Å². The number of allylic oxidation sites excluding steroid dienone is 2. The van der Waals surface area contributed by atoms with E-state index in [9.17, 15) is 9.59 Å². The molecular weight excluding hydrogens is 374 g/mol. The number of fused-ring (bicyclic) bond motifs is 1. The third kappa shape index (κ3) is 3.37. The third-order valence-electron chi connectivity index (χ3n) is 4.68. The first-order valence-electron chi connectivity index (χ1n) is 8.89. The summed E-state index contributed by atoms with van der Waals surface area (Å²) in [4.78, 5) is 32.3. The van der Waals surface area contributed by atoms with Crippen LogP contribution in [0.3, 0.4) is 0 Å². The van der Waals surface area contributed by atoms with Crippen LogP contribution >= 0.6 is 11.6 Å². The second kappa shape index (κ2) is 7.09. The van der Waals surface area contributed by atoms with Crippen LogP contribution in [0.5, 0.6) is 0 Å². The molecule has 2 amide bonds. The number of amides is 2. The van der Waals surface area contributed by atoms with Gasteiger partial charge >= 0.3 is 0 Å². The van der Waals surface area contributed by atoms with E-state index in [1.54, 1.807) is 48.7 Å². The Labute approximate surface area is 168 Å². The van der Waals surface area contributed by atoms with Crippen LogP contribution in [0.4, 0.5) is 0 Å². The van der Waals surface area contributed by atoms with Crippen LogP contribution in [0, 0.1) is 0 Å². The predicted octanol–water partition coefficient (Wildman–Crippen LogP) is 3.72. The molecule has 28 heavy (non-hydrogen) atoms. The van der Waals surface area contributed by atoms with Gasteiger partial charge in [-0.05, 0) is 48.4 Å². The lowest BCUT2D eigenvalue weighted by atomic mass is 9.98. The van der Waals surface area contributed by atoms with Gasteiger partial charge in [0.05, 0.1) is 0 Å². The van der Waals surface area contributed by atoms with Gasteiger partial charge in [0.15, 0.2) is 0 Å². The quantitative estimate of drug-likeness (QED) is 0.863. The van der Waals surface area contributed by atoms with Crippen LogP contribution in [0.15, 0.2) is 83.5 Å². The van der Waals surface area contributed by atoms with E-state index in [1.807, 2.05) is 31.2 Å². The van der Waals surface area contributed by atoms with Crippen molar-refractivity contribution in [2.75, 3.05) is 0 Å². The summed E-state index contributed by atoms with van der Waals surface area (Å²) in [7, 11) is 0. The molecule has 0 unspecified atom stereocenters. The van der Waals surface area contributed by atoms with Gasteiger partial charge in [0, 0.05) is 23.2 Å². The first-order chi connectivity index (χ1) is 13.5. The zero-order valence-electron chi connectivity index (χ0n) is 15.2. The van der Waals surface area contributed by atoms with Gasteiger partial charge in [-0.15, -0.1) is 0 Å². The first-order valence-corrected chi connectivity index (χ1v) is 9.27. The molecule has 5 nitrogen and oxygen atoms in total. The average Bonchev–Trinajstić information content (AvgIpc) is 2.96. The molecule has 0 fully saturated rings. The van der Waals surface area contributed by atoms with Gasteiger partial charge in [-0.3, -0.25) is 14.5 Å². The zero-order valence-corrected chi connectivity index (χ0v) is 16.0. The highest BCUT2D eigenvalue weighted by Gasteiger charge is 2.49. The molecule has 1 atom stereocenters. The van der Waals surface area contributed by atoms with E-state index in [0.29, 0.717) is 16.4 Å². The minimum absolute atomic E-state index is 0.225. The second-order valence-corrected chi connectivity index (χ2v) is 7.27. The molecular formula is C22H18ClN3O2. The van der Waals surface area contributed by atoms with Crippen LogP contribution in [-0.4, -0.2) is 28.2 Å². The van der Waals surface area contributed by atoms with E-state index >= 15 is 0 Å². The Balaban J connectivity index is 1.72. The molecule has 140 valence electrons. The fourth-order valence-electron chi connectivity index (χ4n) is 3.28. The van der Waals surface area contributed by atoms with E-state index in [0.717, 1.165) is 11.1 Å². The van der Waals surface area contributed by atoms with Gasteiger partial charge in [0.25, 0.3) is 11.8 Å². The van der Waals surface area contributed by atoms with Gasteiger partial charge < -0.3 is 5.32 Å². The minimum atomic E-state index is -1.42. The SMILES string of the molecule is CC1=CN2C(=O)[C@](Cc3ccc(Cl)cc3)(NC(=O)c3ccccc3)N=C2C=C1. The monoisotopic (exact) mass is 391 g/mol. The van der Waals surface area contributed by atoms with E-state index in [1.165, 1.54) is 4.90 Å². The molecule has 6 heteroatoms. The molecule has 0 radical (unpaired) electrons. The molecule has 2 aromatic rings. The Hall–Kier alpha value is -3.18. The highest BCUT2D eigenvalue weighted by molar-refractivity contribution is 6.30. The summed E-state index contributed by atoms with van der Waals surface area (Å²) in [6, 6.07) is 16.0. The fraction of sp³-hybridized carbons (Fsp3) is 0.136. The number of carbonyl (C=O) groups excluding carboxylic acids is 2. The lowest BCUT2D eigenvalue weighted by Gasteiger charge is -2.27. The number of hydrogen-bond acceptors (Lipinski definition) is 3. The molecule has 0 saturated carbocycles. The Morgan fingerprint density at radius 3 is 2.54 bits per heavy atom. The van der Waals surface area contributed by atoms with E-state index in [-0.39, 0.29) is 18.2 Å². The van der Waals surface area contributed by atoms with E-state index in [2.05, 4.69) is 10.3 Å². The number of amidine groups is 1. The first kappa shape index (κ1) is 18.2. The van der Waals surface area contributed by atoms with Crippen LogP contribution in [0.2, 0.25) is 5.02 Å². The zero-order chi connectivity index (χ0) is 19.7. The van der Waals surface area contributed by atoms with Crippen molar-refractivity contribution in [3.05, 3.63) is 94.7 Å². The summed E-state index contributed by atoms with van der Waals surface area (Å²) < 4.78 is 0. The van der Waals surface area contributed by atoms with Gasteiger partial charge in [-0.1, -0.05) is 48.0 Å². The predicted molar refractivity (Wildman–Crippen MR) is 109 cm³/mol. The van der Waals surface area contributed by atoms with Crippen molar-refractivity contribution in [2.45, 2.75) is 19.0 Å². The molecule has 0 spiro atoms. The number of carbonyl (C=O) groups is 2. The van der Waals surface area contributed by atoms with Gasteiger partial charge in [-0.25, -0.2) is 4.99 Å². The maximum atomic E-state index is 13.3. The number of halogens is 1. The van der Waals surface area contributed by atoms with E-state index in [4.69, 9.17) is 11.6 Å². The summed E-state index contributed by atoms with van der Waals surface area (Å²) in [6.45, 7) is 1.91. The molecule has 4 rings (SSSR count). The number of nitrogens with zero attached hydrogens (tertiary/aromatic N) is 2. The topological polar surface area (TPSA) is 61.8 Å². The van der Waals surface area contributed by atoms with Crippen LogP contribution < -0.4 is 5.32 Å². The highest BCUT2D eigenvalue weighted by Crippen LogP contribution is 2.29. The number of rotatable bonds is 4. The molecule has 2 aliphatic heterocycles. The highest BCUT2D eigenvalue weighted by atomic mass is 35.5. The summed E-state index contributed by atoms with van der Waals surface area (Å²) >= 11 is 5.98. The van der Waals surface area contributed by atoms with E-state index < -0.39 is 5.66 Å². The van der Waals surface area contributed by atoms with Crippen LogP contribution in [-0.2, 0) is 11.2 Å². The summed E-state index contributed by atoms with van der Waals surface area (Å²) in [5.74, 6) is -0.125. The fourth-order valence-corrected chi connectivity index (χ4v) is 3.41. The molecule has 2 aromatic carbocycles. The van der Waals surface area contributed by atoms with Crippen molar-refractivity contribution in [1.82, 2.24) is 10.2 Å². The molecule has 0 saturated heterocycles. The molecule has 2 heterocycles. The number of aliphatic imine (C=N–C) groups is 1.